The van der Waals surface area contributed by atoms with Crippen LogP contribution in [0.15, 0.2) is 85.1 Å². The van der Waals surface area contributed by atoms with E-state index < -0.39 is 18.1 Å². The summed E-state index contributed by atoms with van der Waals surface area (Å²) < 4.78 is 17.2. The van der Waals surface area contributed by atoms with Crippen molar-refractivity contribution in [3.05, 3.63) is 85.1 Å². The molecule has 0 saturated carbocycles. The summed E-state index contributed by atoms with van der Waals surface area (Å²) in [5.41, 5.74) is 0. The number of rotatable bonds is 36. The highest BCUT2D eigenvalue weighted by atomic mass is 16.6. The molecule has 2 atom stereocenters. The third kappa shape index (κ3) is 35.9. The molecule has 0 aromatic rings. The van der Waals surface area contributed by atoms with E-state index in [-0.39, 0.29) is 36.2 Å². The molecule has 8 heteroatoms. The first-order valence-corrected chi connectivity index (χ1v) is 21.2. The van der Waals surface area contributed by atoms with E-state index in [1.807, 2.05) is 21.1 Å². The lowest BCUT2D eigenvalue weighted by Crippen LogP contribution is -2.50. The van der Waals surface area contributed by atoms with Gasteiger partial charge in [-0.05, 0) is 70.6 Å². The monoisotopic (exact) mass is 769 g/mol. The van der Waals surface area contributed by atoms with E-state index in [9.17, 15) is 19.5 Å². The Morgan fingerprint density at radius 3 is 1.64 bits per heavy atom. The van der Waals surface area contributed by atoms with Crippen LogP contribution in [-0.2, 0) is 28.6 Å². The van der Waals surface area contributed by atoms with Crippen molar-refractivity contribution in [1.29, 1.82) is 0 Å². The van der Waals surface area contributed by atoms with Crippen LogP contribution in [0.25, 0.3) is 0 Å². The molecule has 55 heavy (non-hydrogen) atoms. The van der Waals surface area contributed by atoms with Crippen LogP contribution >= 0.6 is 0 Å². The molecule has 0 rings (SSSR count). The van der Waals surface area contributed by atoms with Gasteiger partial charge in [0.25, 0.3) is 0 Å². The standard InChI is InChI=1S/C47H77NO7/c1-6-8-10-12-14-16-18-20-22-24-25-27-29-31-33-35-37-45(49)54-42-43(41-53-40-39-44(47(51)52)48(3,4)5)55-46(50)38-36-34-32-30-28-26-23-21-19-17-15-13-11-9-7-2/h8-11,13-17,19-20,22,25,27,43-44H,6-7,12,18,21,23-24,26,28-42H2,1-5H3/p+1/b10-8+,11-9+,15-13+,16-14+,19-17+,22-20+,27-25+. The Labute approximate surface area is 335 Å². The van der Waals surface area contributed by atoms with Crippen molar-refractivity contribution < 1.29 is 38.2 Å². The maximum atomic E-state index is 12.7. The summed E-state index contributed by atoms with van der Waals surface area (Å²) in [5.74, 6) is -1.54. The molecule has 0 aliphatic rings. The number of carbonyl (C=O) groups is 3. The van der Waals surface area contributed by atoms with Crippen LogP contribution in [0.4, 0.5) is 0 Å². The molecule has 0 aromatic carbocycles. The summed E-state index contributed by atoms with van der Waals surface area (Å²) in [6, 6.07) is -0.626. The van der Waals surface area contributed by atoms with Crippen molar-refractivity contribution in [1.82, 2.24) is 0 Å². The highest BCUT2D eigenvalue weighted by Gasteiger charge is 2.31. The molecular weight excluding hydrogens is 691 g/mol. The lowest BCUT2D eigenvalue weighted by atomic mass is 10.1. The van der Waals surface area contributed by atoms with Crippen molar-refractivity contribution in [2.75, 3.05) is 41.0 Å². The number of hydrogen-bond donors (Lipinski definition) is 1. The number of nitrogens with zero attached hydrogens (tertiary/aromatic N) is 1. The number of likely N-dealkylation sites (N-methyl/N-ethyl adjacent to an activating group) is 1. The number of carboxylic acid groups (broad SMARTS) is 1. The third-order valence-corrected chi connectivity index (χ3v) is 8.85. The molecular formula is C47H78NO7+. The minimum absolute atomic E-state index is 0.0404. The molecule has 312 valence electrons. The molecule has 0 fully saturated rings. The van der Waals surface area contributed by atoms with Crippen LogP contribution in [0, 0.1) is 0 Å². The zero-order valence-corrected chi connectivity index (χ0v) is 35.3. The normalized spacial score (nSPS) is 13.8. The maximum absolute atomic E-state index is 12.7. The molecule has 0 aliphatic heterocycles. The Kier molecular flexibility index (Phi) is 35.1. The van der Waals surface area contributed by atoms with Crippen LogP contribution in [0.1, 0.15) is 142 Å². The molecule has 0 amide bonds. The third-order valence-electron chi connectivity index (χ3n) is 8.85. The summed E-state index contributed by atoms with van der Waals surface area (Å²) in [5, 5.41) is 9.61. The van der Waals surface area contributed by atoms with Gasteiger partial charge in [-0.1, -0.05) is 137 Å². The van der Waals surface area contributed by atoms with Crippen LogP contribution in [0.5, 0.6) is 0 Å². The topological polar surface area (TPSA) is 99.1 Å². The number of ether oxygens (including phenoxy) is 3. The summed E-state index contributed by atoms with van der Waals surface area (Å²) in [6.45, 7) is 4.42. The fraction of sp³-hybridized carbons (Fsp3) is 0.638. The maximum Gasteiger partial charge on any atom is 0.362 e. The number of quaternary nitrogens is 1. The zero-order chi connectivity index (χ0) is 40.7. The van der Waals surface area contributed by atoms with Gasteiger partial charge in [0, 0.05) is 19.3 Å². The molecule has 0 heterocycles. The van der Waals surface area contributed by atoms with Gasteiger partial charge in [0.1, 0.15) is 6.61 Å². The fourth-order valence-corrected chi connectivity index (χ4v) is 5.61. The molecule has 0 aromatic heterocycles. The average Bonchev–Trinajstić information content (AvgIpc) is 3.14. The molecule has 2 unspecified atom stereocenters. The van der Waals surface area contributed by atoms with Crippen LogP contribution in [-0.4, -0.2) is 80.6 Å². The van der Waals surface area contributed by atoms with E-state index in [2.05, 4.69) is 98.9 Å². The quantitative estimate of drug-likeness (QED) is 0.0223. The largest absolute Gasteiger partial charge is 0.477 e. The van der Waals surface area contributed by atoms with E-state index in [1.165, 1.54) is 19.3 Å². The van der Waals surface area contributed by atoms with Crippen molar-refractivity contribution in [3.8, 4) is 0 Å². The fourth-order valence-electron chi connectivity index (χ4n) is 5.61. The van der Waals surface area contributed by atoms with Crippen molar-refractivity contribution in [2.24, 2.45) is 0 Å². The van der Waals surface area contributed by atoms with Crippen LogP contribution < -0.4 is 0 Å². The molecule has 0 aliphatic carbocycles. The highest BCUT2D eigenvalue weighted by molar-refractivity contribution is 5.72. The zero-order valence-electron chi connectivity index (χ0n) is 35.3. The summed E-state index contributed by atoms with van der Waals surface area (Å²) >= 11 is 0. The van der Waals surface area contributed by atoms with Gasteiger partial charge < -0.3 is 23.8 Å². The van der Waals surface area contributed by atoms with Gasteiger partial charge in [-0.15, -0.1) is 0 Å². The molecule has 0 spiro atoms. The minimum atomic E-state index is -0.886. The molecule has 0 saturated heterocycles. The summed E-state index contributed by atoms with van der Waals surface area (Å²) in [7, 11) is 5.50. The smallest absolute Gasteiger partial charge is 0.362 e. The summed E-state index contributed by atoms with van der Waals surface area (Å²) in [6.07, 6.45) is 47.7. The van der Waals surface area contributed by atoms with E-state index in [0.29, 0.717) is 19.3 Å². The van der Waals surface area contributed by atoms with E-state index in [0.717, 1.165) is 89.9 Å². The first-order chi connectivity index (χ1) is 26.6. The predicted octanol–water partition coefficient (Wildman–Crippen LogP) is 11.4. The van der Waals surface area contributed by atoms with Gasteiger partial charge in [-0.3, -0.25) is 9.59 Å². The SMILES string of the molecule is CC/C=C/C=C/C=C/CCCCCCCCCC(=O)OC(COCCC(C(=O)O)[N+](C)(C)C)COC(=O)CCCCC/C=C/C/C=C/C/C=C/C/C=C/CC. The van der Waals surface area contributed by atoms with E-state index >= 15 is 0 Å². The van der Waals surface area contributed by atoms with E-state index in [1.54, 1.807) is 0 Å². The lowest BCUT2D eigenvalue weighted by Gasteiger charge is -2.31. The second-order valence-corrected chi connectivity index (χ2v) is 14.9. The van der Waals surface area contributed by atoms with Gasteiger partial charge in [0.15, 0.2) is 12.1 Å². The van der Waals surface area contributed by atoms with Gasteiger partial charge in [0.05, 0.1) is 34.4 Å². The van der Waals surface area contributed by atoms with Gasteiger partial charge in [-0.2, -0.15) is 0 Å². The number of esters is 2. The number of carbonyl (C=O) groups excluding carboxylic acids is 2. The second-order valence-electron chi connectivity index (χ2n) is 14.9. The van der Waals surface area contributed by atoms with Gasteiger partial charge in [0.2, 0.25) is 0 Å². The predicted molar refractivity (Wildman–Crippen MR) is 229 cm³/mol. The van der Waals surface area contributed by atoms with Crippen LogP contribution in [0.3, 0.4) is 0 Å². The van der Waals surface area contributed by atoms with E-state index in [4.69, 9.17) is 14.2 Å². The Hall–Kier alpha value is -3.49. The Morgan fingerprint density at radius 2 is 1.05 bits per heavy atom. The average molecular weight is 769 g/mol. The van der Waals surface area contributed by atoms with Gasteiger partial charge in [-0.25, -0.2) is 4.79 Å². The minimum Gasteiger partial charge on any atom is -0.477 e. The molecule has 1 N–H and O–H groups in total. The number of unbranched alkanes of at least 4 members (excludes halogenated alkanes) is 10. The molecule has 8 nitrogen and oxygen atoms in total. The van der Waals surface area contributed by atoms with Crippen LogP contribution in [0.2, 0.25) is 0 Å². The molecule has 0 radical (unpaired) electrons. The summed E-state index contributed by atoms with van der Waals surface area (Å²) in [4.78, 5) is 36.9. The lowest BCUT2D eigenvalue weighted by molar-refractivity contribution is -0.887. The number of carboxylic acids is 1. The number of hydrogen-bond acceptors (Lipinski definition) is 6. The Balaban J connectivity index is 4.46. The Morgan fingerprint density at radius 1 is 0.564 bits per heavy atom. The highest BCUT2D eigenvalue weighted by Crippen LogP contribution is 2.13. The van der Waals surface area contributed by atoms with Gasteiger partial charge >= 0.3 is 17.9 Å². The Bertz CT molecular complexity index is 1170. The second kappa shape index (κ2) is 37.4. The van der Waals surface area contributed by atoms with Crippen molar-refractivity contribution in [3.63, 3.8) is 0 Å². The van der Waals surface area contributed by atoms with Crippen molar-refractivity contribution >= 4 is 17.9 Å². The molecule has 0 bridgehead atoms. The first-order valence-electron chi connectivity index (χ1n) is 21.2. The number of aliphatic carboxylic acids is 1. The number of allylic oxidation sites excluding steroid dienone is 14. The first kappa shape index (κ1) is 51.5. The van der Waals surface area contributed by atoms with Crippen molar-refractivity contribution in [2.45, 2.75) is 154 Å².